The Morgan fingerprint density at radius 3 is 3.10 bits per heavy atom. The molecule has 1 aromatic rings. The third-order valence-corrected chi connectivity index (χ3v) is 1.46. The maximum atomic E-state index is 12.5. The number of hydrogen-bond acceptors (Lipinski definition) is 0. The van der Waals surface area contributed by atoms with Gasteiger partial charge < -0.3 is 0 Å². The Bertz CT molecular complexity index is 291. The van der Waals surface area contributed by atoms with E-state index in [0.29, 0.717) is 0 Å². The second-order valence-electron chi connectivity index (χ2n) is 2.15. The topological polar surface area (TPSA) is 14.1 Å². The van der Waals surface area contributed by atoms with Crippen molar-refractivity contribution in [2.45, 2.75) is 0 Å². The molecule has 0 spiro atoms. The molecular weight excluding hydrogens is 129 g/mol. The van der Waals surface area contributed by atoms with Crippen LogP contribution in [-0.4, -0.2) is 0 Å². The molecule has 0 unspecified atom stereocenters. The van der Waals surface area contributed by atoms with E-state index >= 15 is 0 Å². The molecule has 10 heavy (non-hydrogen) atoms. The number of nitrogens with zero attached hydrogens (tertiary/aromatic N) is 1. The fourth-order valence-corrected chi connectivity index (χ4v) is 0.974. The van der Waals surface area contributed by atoms with Gasteiger partial charge in [0.2, 0.25) is 0 Å². The molecule has 0 N–H and O–H groups in total. The van der Waals surface area contributed by atoms with E-state index in [4.69, 9.17) is 0 Å². The van der Waals surface area contributed by atoms with Crippen molar-refractivity contribution in [1.29, 1.82) is 0 Å². The zero-order valence-electron chi connectivity index (χ0n) is 5.21. The highest BCUT2D eigenvalue weighted by Gasteiger charge is 2.05. The summed E-state index contributed by atoms with van der Waals surface area (Å²) in [6.07, 6.45) is 3.46. The number of benzene rings is 1. The Balaban J connectivity index is 2.60. The van der Waals surface area contributed by atoms with Gasteiger partial charge in [-0.3, -0.25) is 5.32 Å². The van der Waals surface area contributed by atoms with Crippen molar-refractivity contribution in [3.8, 4) is 0 Å². The summed E-state index contributed by atoms with van der Waals surface area (Å²) in [6, 6.07) is 4.56. The van der Waals surface area contributed by atoms with Crippen LogP contribution in [0.2, 0.25) is 0 Å². The molecule has 2 rings (SSSR count). The van der Waals surface area contributed by atoms with Crippen LogP contribution in [0.5, 0.6) is 0 Å². The van der Waals surface area contributed by atoms with Crippen LogP contribution in [0.15, 0.2) is 24.4 Å². The summed E-state index contributed by atoms with van der Waals surface area (Å²) in [6.45, 7) is 0. The molecule has 1 aliphatic rings. The van der Waals surface area contributed by atoms with Gasteiger partial charge in [0.25, 0.3) is 0 Å². The number of halogens is 1. The van der Waals surface area contributed by atoms with Crippen LogP contribution in [0.1, 0.15) is 5.56 Å². The molecule has 2 heteroatoms. The maximum Gasteiger partial charge on any atom is 0.123 e. The molecule has 49 valence electrons. The molecule has 0 bridgehead atoms. The second-order valence-corrected chi connectivity index (χ2v) is 2.15. The van der Waals surface area contributed by atoms with E-state index in [1.54, 1.807) is 18.3 Å². The molecule has 0 amide bonds. The Hall–Kier alpha value is -1.31. The quantitative estimate of drug-likeness (QED) is 0.515. The Morgan fingerprint density at radius 2 is 2.20 bits per heavy atom. The lowest BCUT2D eigenvalue weighted by atomic mass is 10.2. The summed E-state index contributed by atoms with van der Waals surface area (Å²) in [5.41, 5.74) is 1.71. The van der Waals surface area contributed by atoms with Gasteiger partial charge in [0.1, 0.15) is 5.82 Å². The van der Waals surface area contributed by atoms with Gasteiger partial charge in [-0.25, -0.2) is 4.39 Å². The fraction of sp³-hybridized carbons (Fsp3) is 0. The monoisotopic (exact) mass is 134 g/mol. The molecule has 0 atom stereocenters. The molecule has 0 saturated heterocycles. The Labute approximate surface area is 58.2 Å². The van der Waals surface area contributed by atoms with Gasteiger partial charge in [-0.05, 0) is 24.3 Å². The molecule has 1 radical (unpaired) electrons. The molecular formula is C8H5FN. The van der Waals surface area contributed by atoms with Crippen LogP contribution >= 0.6 is 0 Å². The van der Waals surface area contributed by atoms with E-state index in [1.807, 2.05) is 0 Å². The number of rotatable bonds is 0. The van der Waals surface area contributed by atoms with Crippen LogP contribution in [-0.2, 0) is 0 Å². The minimum Gasteiger partial charge on any atom is -0.256 e. The fourth-order valence-electron chi connectivity index (χ4n) is 0.974. The van der Waals surface area contributed by atoms with Gasteiger partial charge >= 0.3 is 0 Å². The van der Waals surface area contributed by atoms with Gasteiger partial charge in [-0.15, -0.1) is 0 Å². The van der Waals surface area contributed by atoms with E-state index in [0.717, 1.165) is 11.3 Å². The highest BCUT2D eigenvalue weighted by atomic mass is 19.1. The molecule has 1 aliphatic heterocycles. The highest BCUT2D eigenvalue weighted by molar-refractivity contribution is 5.68. The van der Waals surface area contributed by atoms with E-state index in [1.165, 1.54) is 12.1 Å². The average Bonchev–Trinajstić information content (AvgIpc) is 2.33. The smallest absolute Gasteiger partial charge is 0.123 e. The molecule has 1 aromatic carbocycles. The van der Waals surface area contributed by atoms with Crippen LogP contribution in [0.4, 0.5) is 10.1 Å². The summed E-state index contributed by atoms with van der Waals surface area (Å²) in [5, 5.41) is 3.99. The van der Waals surface area contributed by atoms with Crippen molar-refractivity contribution in [3.05, 3.63) is 35.8 Å². The predicted octanol–water partition coefficient (Wildman–Crippen LogP) is 2.05. The molecule has 1 heterocycles. The Morgan fingerprint density at radius 1 is 1.30 bits per heavy atom. The molecule has 0 aromatic heterocycles. The zero-order chi connectivity index (χ0) is 6.97. The third-order valence-electron chi connectivity index (χ3n) is 1.46. The van der Waals surface area contributed by atoms with Crippen molar-refractivity contribution in [2.75, 3.05) is 0 Å². The van der Waals surface area contributed by atoms with Crippen LogP contribution in [0.3, 0.4) is 0 Å². The van der Waals surface area contributed by atoms with Gasteiger partial charge in [0.15, 0.2) is 0 Å². The Kier molecular flexibility index (Phi) is 1.01. The zero-order valence-corrected chi connectivity index (χ0v) is 5.21. The van der Waals surface area contributed by atoms with Crippen molar-refractivity contribution in [2.24, 2.45) is 0 Å². The second kappa shape index (κ2) is 1.84. The van der Waals surface area contributed by atoms with Crippen molar-refractivity contribution >= 4 is 11.8 Å². The minimum atomic E-state index is -0.208. The molecule has 0 fully saturated rings. The molecule has 0 aliphatic carbocycles. The van der Waals surface area contributed by atoms with Crippen LogP contribution in [0, 0.1) is 5.82 Å². The lowest BCUT2D eigenvalue weighted by Crippen LogP contribution is -1.81. The van der Waals surface area contributed by atoms with E-state index in [2.05, 4.69) is 5.32 Å². The summed E-state index contributed by atoms with van der Waals surface area (Å²) in [7, 11) is 0. The lowest BCUT2D eigenvalue weighted by Gasteiger charge is -1.94. The SMILES string of the molecule is Fc1ccc2c(c1)C=C[N]2. The van der Waals surface area contributed by atoms with Gasteiger partial charge in [0.05, 0.1) is 5.69 Å². The normalized spacial score (nSPS) is 12.9. The first kappa shape index (κ1) is 5.47. The first-order chi connectivity index (χ1) is 4.86. The van der Waals surface area contributed by atoms with Crippen molar-refractivity contribution in [1.82, 2.24) is 5.32 Å². The lowest BCUT2D eigenvalue weighted by molar-refractivity contribution is 0.627. The predicted molar refractivity (Wildman–Crippen MR) is 37.2 cm³/mol. The van der Waals surface area contributed by atoms with Crippen molar-refractivity contribution < 1.29 is 4.39 Å². The standard InChI is InChI=1S/C8H5FN/c9-7-1-2-8-6(5-7)3-4-10-8/h1-5H. The summed E-state index contributed by atoms with van der Waals surface area (Å²) in [4.78, 5) is 0. The van der Waals surface area contributed by atoms with Crippen molar-refractivity contribution in [3.63, 3.8) is 0 Å². The number of fused-ring (bicyclic) bond motifs is 1. The van der Waals surface area contributed by atoms with Gasteiger partial charge in [-0.2, -0.15) is 0 Å². The summed E-state index contributed by atoms with van der Waals surface area (Å²) in [5.74, 6) is -0.208. The third kappa shape index (κ3) is 0.692. The van der Waals surface area contributed by atoms with Crippen LogP contribution in [0.25, 0.3) is 6.08 Å². The van der Waals surface area contributed by atoms with Gasteiger partial charge in [-0.1, -0.05) is 0 Å². The molecule has 1 nitrogen and oxygen atoms in total. The van der Waals surface area contributed by atoms with Gasteiger partial charge in [0, 0.05) is 11.8 Å². The number of hydrogen-bond donors (Lipinski definition) is 0. The van der Waals surface area contributed by atoms with Crippen LogP contribution < -0.4 is 5.32 Å². The van der Waals surface area contributed by atoms with E-state index < -0.39 is 0 Å². The first-order valence-electron chi connectivity index (χ1n) is 3.03. The largest absolute Gasteiger partial charge is 0.256 e. The molecule has 0 saturated carbocycles. The first-order valence-corrected chi connectivity index (χ1v) is 3.03. The highest BCUT2D eigenvalue weighted by Crippen LogP contribution is 2.22. The van der Waals surface area contributed by atoms with E-state index in [9.17, 15) is 4.39 Å². The average molecular weight is 134 g/mol. The summed E-state index contributed by atoms with van der Waals surface area (Å²) >= 11 is 0. The van der Waals surface area contributed by atoms with E-state index in [-0.39, 0.29) is 5.82 Å². The summed E-state index contributed by atoms with van der Waals surface area (Å²) < 4.78 is 12.5. The maximum absolute atomic E-state index is 12.5. The minimum absolute atomic E-state index is 0.208.